The van der Waals surface area contributed by atoms with Gasteiger partial charge in [0.25, 0.3) is 0 Å². The summed E-state index contributed by atoms with van der Waals surface area (Å²) < 4.78 is 6.56. The molecule has 0 spiro atoms. The molecule has 1 fully saturated rings. The molecule has 0 saturated carbocycles. The van der Waals surface area contributed by atoms with Gasteiger partial charge in [-0.15, -0.1) is 0 Å². The summed E-state index contributed by atoms with van der Waals surface area (Å²) in [6, 6.07) is 7.98. The number of anilines is 1. The van der Waals surface area contributed by atoms with Crippen LogP contribution in [-0.2, 0) is 4.74 Å². The Kier molecular flexibility index (Phi) is 4.07. The second kappa shape index (κ2) is 5.38. The van der Waals surface area contributed by atoms with E-state index in [2.05, 4.69) is 21.2 Å². The van der Waals surface area contributed by atoms with Gasteiger partial charge in [-0.1, -0.05) is 12.1 Å². The van der Waals surface area contributed by atoms with Crippen LogP contribution >= 0.6 is 15.9 Å². The number of halogens is 1. The van der Waals surface area contributed by atoms with Gasteiger partial charge in [-0.2, -0.15) is 0 Å². The Morgan fingerprint density at radius 2 is 2.29 bits per heavy atom. The predicted molar refractivity (Wildman–Crippen MR) is 72.2 cm³/mol. The predicted octanol–water partition coefficient (Wildman–Crippen LogP) is 2.79. The van der Waals surface area contributed by atoms with Crippen LogP contribution in [0.3, 0.4) is 0 Å². The third kappa shape index (κ3) is 3.00. The van der Waals surface area contributed by atoms with Crippen molar-refractivity contribution in [3.05, 3.63) is 28.7 Å². The van der Waals surface area contributed by atoms with Crippen LogP contribution in [0.1, 0.15) is 19.8 Å². The maximum Gasteiger partial charge on any atom is 0.0663 e. The third-order valence-corrected chi connectivity index (χ3v) is 3.93. The van der Waals surface area contributed by atoms with E-state index in [-0.39, 0.29) is 18.2 Å². The molecule has 17 heavy (non-hydrogen) atoms. The Hall–Kier alpha value is -0.580. The highest BCUT2D eigenvalue weighted by molar-refractivity contribution is 9.10. The first-order valence-electron chi connectivity index (χ1n) is 5.90. The van der Waals surface area contributed by atoms with E-state index in [4.69, 9.17) is 4.74 Å². The van der Waals surface area contributed by atoms with E-state index in [1.54, 1.807) is 0 Å². The molecule has 0 amide bonds. The molecule has 1 saturated heterocycles. The third-order valence-electron chi connectivity index (χ3n) is 3.24. The van der Waals surface area contributed by atoms with Gasteiger partial charge in [-0.05, 0) is 47.8 Å². The molecule has 0 bridgehead atoms. The van der Waals surface area contributed by atoms with Crippen LogP contribution in [0.4, 0.5) is 5.69 Å². The van der Waals surface area contributed by atoms with Gasteiger partial charge >= 0.3 is 0 Å². The summed E-state index contributed by atoms with van der Waals surface area (Å²) in [4.78, 5) is 0. The van der Waals surface area contributed by atoms with Crippen molar-refractivity contribution in [3.63, 3.8) is 0 Å². The molecule has 0 radical (unpaired) electrons. The second-order valence-electron chi connectivity index (χ2n) is 4.68. The molecule has 3 nitrogen and oxygen atoms in total. The van der Waals surface area contributed by atoms with Crippen LogP contribution in [0.2, 0.25) is 0 Å². The van der Waals surface area contributed by atoms with E-state index in [9.17, 15) is 5.11 Å². The highest BCUT2D eigenvalue weighted by Crippen LogP contribution is 2.31. The van der Waals surface area contributed by atoms with Gasteiger partial charge in [0.05, 0.1) is 18.2 Å². The number of hydrogen-bond acceptors (Lipinski definition) is 3. The van der Waals surface area contributed by atoms with Gasteiger partial charge < -0.3 is 15.2 Å². The van der Waals surface area contributed by atoms with Gasteiger partial charge in [0.15, 0.2) is 0 Å². The van der Waals surface area contributed by atoms with Gasteiger partial charge in [0.2, 0.25) is 0 Å². The fourth-order valence-electron chi connectivity index (χ4n) is 2.31. The molecule has 4 heteroatoms. The zero-order chi connectivity index (χ0) is 12.3. The molecule has 1 heterocycles. The number of benzene rings is 1. The molecule has 2 N–H and O–H groups in total. The highest BCUT2D eigenvalue weighted by atomic mass is 79.9. The van der Waals surface area contributed by atoms with E-state index in [1.807, 2.05) is 31.2 Å². The lowest BCUT2D eigenvalue weighted by atomic mass is 9.87. The molecule has 1 aromatic rings. The summed E-state index contributed by atoms with van der Waals surface area (Å²) in [5.41, 5.74) is 0.761. The highest BCUT2D eigenvalue weighted by Gasteiger charge is 2.35. The molecular formula is C13H18BrNO2. The van der Waals surface area contributed by atoms with Crippen LogP contribution in [-0.4, -0.2) is 30.0 Å². The van der Waals surface area contributed by atoms with Crippen molar-refractivity contribution in [2.24, 2.45) is 0 Å². The molecule has 2 unspecified atom stereocenters. The van der Waals surface area contributed by atoms with E-state index in [0.717, 1.165) is 23.0 Å². The van der Waals surface area contributed by atoms with Crippen LogP contribution in [0, 0.1) is 0 Å². The van der Waals surface area contributed by atoms with E-state index in [1.165, 1.54) is 0 Å². The number of rotatable bonds is 3. The first-order valence-corrected chi connectivity index (χ1v) is 6.70. The zero-order valence-electron chi connectivity index (χ0n) is 9.95. The van der Waals surface area contributed by atoms with Crippen LogP contribution in [0.15, 0.2) is 28.7 Å². The van der Waals surface area contributed by atoms with Crippen molar-refractivity contribution in [2.45, 2.75) is 31.4 Å². The smallest absolute Gasteiger partial charge is 0.0663 e. The summed E-state index contributed by atoms with van der Waals surface area (Å²) >= 11 is 3.52. The average Bonchev–Trinajstić information content (AvgIpc) is 2.32. The van der Waals surface area contributed by atoms with Crippen LogP contribution in [0.25, 0.3) is 0 Å². The summed E-state index contributed by atoms with van der Waals surface area (Å²) in [5.74, 6) is 0. The lowest BCUT2D eigenvalue weighted by molar-refractivity contribution is -0.0160. The van der Waals surface area contributed by atoms with Gasteiger partial charge in [-0.3, -0.25) is 0 Å². The summed E-state index contributed by atoms with van der Waals surface area (Å²) in [7, 11) is 0. The van der Waals surface area contributed by atoms with E-state index in [0.29, 0.717) is 6.61 Å². The fourth-order valence-corrected chi connectivity index (χ4v) is 2.70. The summed E-state index contributed by atoms with van der Waals surface area (Å²) in [5, 5.41) is 13.1. The molecule has 94 valence electrons. The minimum atomic E-state index is -0.262. The molecule has 2 rings (SSSR count). The van der Waals surface area contributed by atoms with Crippen molar-refractivity contribution in [1.29, 1.82) is 0 Å². The van der Waals surface area contributed by atoms with E-state index >= 15 is 0 Å². The van der Waals surface area contributed by atoms with Crippen molar-refractivity contribution in [3.8, 4) is 0 Å². The number of aliphatic hydroxyl groups is 1. The Morgan fingerprint density at radius 3 is 2.94 bits per heavy atom. The molecule has 1 aromatic carbocycles. The Labute approximate surface area is 110 Å². The van der Waals surface area contributed by atoms with Gasteiger partial charge in [0.1, 0.15) is 0 Å². The first kappa shape index (κ1) is 12.9. The van der Waals surface area contributed by atoms with Crippen molar-refractivity contribution in [1.82, 2.24) is 0 Å². The monoisotopic (exact) mass is 299 g/mol. The minimum absolute atomic E-state index is 0.127. The minimum Gasteiger partial charge on any atom is -0.394 e. The van der Waals surface area contributed by atoms with Crippen LogP contribution in [0.5, 0.6) is 0 Å². The topological polar surface area (TPSA) is 41.5 Å². The lowest BCUT2D eigenvalue weighted by Crippen LogP contribution is -2.49. The normalized spacial score (nSPS) is 29.0. The number of para-hydroxylation sites is 1. The SMILES string of the molecule is CC1CC(CO)(Nc2ccccc2Br)CCO1. The standard InChI is InChI=1S/C13H18BrNO2/c1-10-8-13(9-16,6-7-17-10)15-12-5-3-2-4-11(12)14/h2-5,10,15-16H,6-9H2,1H3. The second-order valence-corrected chi connectivity index (χ2v) is 5.53. The maximum atomic E-state index is 9.68. The Bertz CT molecular complexity index is 385. The molecule has 1 aliphatic rings. The Balaban J connectivity index is 2.17. The number of nitrogens with one attached hydrogen (secondary N) is 1. The number of aliphatic hydroxyl groups excluding tert-OH is 1. The first-order chi connectivity index (χ1) is 8.15. The fraction of sp³-hybridized carbons (Fsp3) is 0.538. The van der Waals surface area contributed by atoms with E-state index < -0.39 is 0 Å². The molecular weight excluding hydrogens is 282 g/mol. The largest absolute Gasteiger partial charge is 0.394 e. The van der Waals surface area contributed by atoms with Gasteiger partial charge in [-0.25, -0.2) is 0 Å². The maximum absolute atomic E-state index is 9.68. The van der Waals surface area contributed by atoms with Crippen molar-refractivity contribution < 1.29 is 9.84 Å². The van der Waals surface area contributed by atoms with Crippen LogP contribution < -0.4 is 5.32 Å². The summed E-state index contributed by atoms with van der Waals surface area (Å²) in [6.07, 6.45) is 1.84. The Morgan fingerprint density at radius 1 is 1.53 bits per heavy atom. The molecule has 0 aliphatic carbocycles. The zero-order valence-corrected chi connectivity index (χ0v) is 11.5. The average molecular weight is 300 g/mol. The quantitative estimate of drug-likeness (QED) is 0.902. The molecule has 2 atom stereocenters. The molecule has 1 aliphatic heterocycles. The van der Waals surface area contributed by atoms with Gasteiger partial charge in [0, 0.05) is 16.8 Å². The number of hydrogen-bond donors (Lipinski definition) is 2. The van der Waals surface area contributed by atoms with Crippen molar-refractivity contribution in [2.75, 3.05) is 18.5 Å². The lowest BCUT2D eigenvalue weighted by Gasteiger charge is -2.40. The van der Waals surface area contributed by atoms with Crippen molar-refractivity contribution >= 4 is 21.6 Å². The molecule has 0 aromatic heterocycles. The summed E-state index contributed by atoms with van der Waals surface area (Å²) in [6.45, 7) is 2.87. The number of ether oxygens (including phenoxy) is 1.